The summed E-state index contributed by atoms with van der Waals surface area (Å²) in [5.74, 6) is -0.313. The predicted octanol–water partition coefficient (Wildman–Crippen LogP) is 3.02. The molecule has 140 valence electrons. The molecule has 1 aromatic heterocycles. The summed E-state index contributed by atoms with van der Waals surface area (Å²) in [6, 6.07) is 13.7. The summed E-state index contributed by atoms with van der Waals surface area (Å²) < 4.78 is 15.0. The van der Waals surface area contributed by atoms with E-state index in [2.05, 4.69) is 10.3 Å². The molecule has 0 unspecified atom stereocenters. The molecule has 7 heteroatoms. The van der Waals surface area contributed by atoms with Gasteiger partial charge in [0.2, 0.25) is 0 Å². The van der Waals surface area contributed by atoms with Crippen LogP contribution >= 0.6 is 0 Å². The van der Waals surface area contributed by atoms with E-state index in [1.807, 2.05) is 24.3 Å². The van der Waals surface area contributed by atoms with Gasteiger partial charge in [-0.3, -0.25) is 4.57 Å². The van der Waals surface area contributed by atoms with Crippen molar-refractivity contribution in [3.63, 3.8) is 0 Å². The quantitative estimate of drug-likeness (QED) is 0.746. The maximum absolute atomic E-state index is 13.2. The Morgan fingerprint density at radius 2 is 1.93 bits per heavy atom. The predicted molar refractivity (Wildman–Crippen MR) is 101 cm³/mol. The number of nitrogens with one attached hydrogen (secondary N) is 2. The van der Waals surface area contributed by atoms with Gasteiger partial charge < -0.3 is 15.2 Å². The number of aromatic nitrogens is 2. The monoisotopic (exact) mass is 368 g/mol. The molecule has 2 heterocycles. The molecule has 1 saturated heterocycles. The Hall–Kier alpha value is -3.09. The highest BCUT2D eigenvalue weighted by atomic mass is 19.1. The molecule has 2 N–H and O–H groups in total. The molecule has 0 spiro atoms. The van der Waals surface area contributed by atoms with Crippen LogP contribution in [0.3, 0.4) is 0 Å². The average Bonchev–Trinajstić information content (AvgIpc) is 3.02. The van der Waals surface area contributed by atoms with E-state index >= 15 is 0 Å². The molecule has 0 aliphatic carbocycles. The molecule has 2 amide bonds. The second-order valence-electron chi connectivity index (χ2n) is 6.82. The molecule has 4 rings (SSSR count). The number of urea groups is 1. The van der Waals surface area contributed by atoms with E-state index in [-0.39, 0.29) is 23.6 Å². The number of nitrogens with zero attached hydrogens (tertiary/aromatic N) is 2. The molecule has 0 radical (unpaired) electrons. The number of carbonyl (C=O) groups is 1. The zero-order chi connectivity index (χ0) is 18.8. The fourth-order valence-electron chi connectivity index (χ4n) is 3.70. The number of rotatable bonds is 3. The minimum absolute atomic E-state index is 0.0703. The van der Waals surface area contributed by atoms with Crippen molar-refractivity contribution in [2.75, 3.05) is 13.1 Å². The van der Waals surface area contributed by atoms with Crippen molar-refractivity contribution in [3.05, 3.63) is 70.4 Å². The van der Waals surface area contributed by atoms with Crippen LogP contribution in [0.1, 0.15) is 24.4 Å². The Morgan fingerprint density at radius 3 is 2.70 bits per heavy atom. The summed E-state index contributed by atoms with van der Waals surface area (Å²) in [4.78, 5) is 29.3. The number of halogens is 1. The molecule has 1 fully saturated rings. The minimum atomic E-state index is -0.313. The number of H-pyrrole nitrogens is 1. The molecule has 27 heavy (non-hydrogen) atoms. The van der Waals surface area contributed by atoms with Gasteiger partial charge >= 0.3 is 11.7 Å². The Kier molecular flexibility index (Phi) is 4.66. The number of para-hydroxylation sites is 2. The van der Waals surface area contributed by atoms with Crippen LogP contribution in [0.2, 0.25) is 0 Å². The first-order valence-electron chi connectivity index (χ1n) is 9.08. The van der Waals surface area contributed by atoms with Crippen molar-refractivity contribution >= 4 is 17.1 Å². The second kappa shape index (κ2) is 7.26. The molecule has 3 aromatic rings. The molecule has 1 aliphatic heterocycles. The Labute approximate surface area is 155 Å². The lowest BCUT2D eigenvalue weighted by atomic mass is 10.0. The highest BCUT2D eigenvalue weighted by molar-refractivity contribution is 5.75. The molecule has 6 nitrogen and oxygen atoms in total. The number of piperidine rings is 1. The molecule has 0 saturated carbocycles. The Balaban J connectivity index is 1.37. The molecular weight excluding hydrogens is 347 g/mol. The third-order valence-electron chi connectivity index (χ3n) is 5.07. The highest BCUT2D eigenvalue weighted by Gasteiger charge is 2.25. The van der Waals surface area contributed by atoms with Crippen LogP contribution in [0.5, 0.6) is 0 Å². The number of fused-ring (bicyclic) bond motifs is 1. The van der Waals surface area contributed by atoms with Gasteiger partial charge in [-0.2, -0.15) is 0 Å². The SMILES string of the molecule is O=C(NCc1cccc(F)c1)N1CCC(n2c(=O)[nH]c3ccccc32)CC1. The summed E-state index contributed by atoms with van der Waals surface area (Å²) in [6.45, 7) is 1.44. The summed E-state index contributed by atoms with van der Waals surface area (Å²) >= 11 is 0. The van der Waals surface area contributed by atoms with E-state index in [0.29, 0.717) is 19.6 Å². The first-order chi connectivity index (χ1) is 13.1. The second-order valence-corrected chi connectivity index (χ2v) is 6.82. The fourth-order valence-corrected chi connectivity index (χ4v) is 3.70. The van der Waals surface area contributed by atoms with Gasteiger partial charge in [-0.15, -0.1) is 0 Å². The lowest BCUT2D eigenvalue weighted by Crippen LogP contribution is -2.45. The van der Waals surface area contributed by atoms with Gasteiger partial charge in [-0.05, 0) is 42.7 Å². The third kappa shape index (κ3) is 3.58. The van der Waals surface area contributed by atoms with Crippen molar-refractivity contribution in [2.24, 2.45) is 0 Å². The molecule has 0 bridgehead atoms. The first kappa shape index (κ1) is 17.3. The van der Waals surface area contributed by atoms with E-state index in [9.17, 15) is 14.0 Å². The number of hydrogen-bond donors (Lipinski definition) is 2. The lowest BCUT2D eigenvalue weighted by molar-refractivity contribution is 0.171. The average molecular weight is 368 g/mol. The number of likely N-dealkylation sites (tertiary alicyclic amines) is 1. The Morgan fingerprint density at radius 1 is 1.15 bits per heavy atom. The van der Waals surface area contributed by atoms with E-state index in [4.69, 9.17) is 0 Å². The van der Waals surface area contributed by atoms with Crippen molar-refractivity contribution in [1.82, 2.24) is 19.8 Å². The molecule has 1 aliphatic rings. The first-order valence-corrected chi connectivity index (χ1v) is 9.08. The number of hydrogen-bond acceptors (Lipinski definition) is 2. The number of carbonyl (C=O) groups excluding carboxylic acids is 1. The van der Waals surface area contributed by atoms with Crippen molar-refractivity contribution < 1.29 is 9.18 Å². The van der Waals surface area contributed by atoms with Crippen LogP contribution in [0.25, 0.3) is 11.0 Å². The number of benzene rings is 2. The van der Waals surface area contributed by atoms with Gasteiger partial charge in [0.25, 0.3) is 0 Å². The third-order valence-corrected chi connectivity index (χ3v) is 5.07. The number of imidazole rings is 1. The normalized spacial score (nSPS) is 15.2. The zero-order valence-corrected chi connectivity index (χ0v) is 14.8. The maximum Gasteiger partial charge on any atom is 0.326 e. The van der Waals surface area contributed by atoms with Crippen LogP contribution < -0.4 is 11.0 Å². The maximum atomic E-state index is 13.2. The summed E-state index contributed by atoms with van der Waals surface area (Å²) in [5.41, 5.74) is 2.35. The minimum Gasteiger partial charge on any atom is -0.334 e. The highest BCUT2D eigenvalue weighted by Crippen LogP contribution is 2.24. The lowest BCUT2D eigenvalue weighted by Gasteiger charge is -2.32. The Bertz CT molecular complexity index is 1020. The van der Waals surface area contributed by atoms with Crippen LogP contribution in [0.15, 0.2) is 53.3 Å². The van der Waals surface area contributed by atoms with Gasteiger partial charge in [0.05, 0.1) is 11.0 Å². The molecule has 2 aromatic carbocycles. The summed E-state index contributed by atoms with van der Waals surface area (Å²) in [7, 11) is 0. The van der Waals surface area contributed by atoms with E-state index in [0.717, 1.165) is 29.4 Å². The topological polar surface area (TPSA) is 70.1 Å². The van der Waals surface area contributed by atoms with E-state index in [1.165, 1.54) is 12.1 Å². The smallest absolute Gasteiger partial charge is 0.326 e. The van der Waals surface area contributed by atoms with E-state index in [1.54, 1.807) is 21.6 Å². The molecular formula is C20H21FN4O2. The number of amides is 2. The van der Waals surface area contributed by atoms with Crippen LogP contribution in [-0.4, -0.2) is 33.6 Å². The number of aromatic amines is 1. The van der Waals surface area contributed by atoms with Crippen molar-refractivity contribution in [2.45, 2.75) is 25.4 Å². The van der Waals surface area contributed by atoms with Gasteiger partial charge in [0, 0.05) is 25.7 Å². The van der Waals surface area contributed by atoms with Crippen molar-refractivity contribution in [3.8, 4) is 0 Å². The van der Waals surface area contributed by atoms with Crippen molar-refractivity contribution in [1.29, 1.82) is 0 Å². The standard InChI is InChI=1S/C20H21FN4O2/c21-15-5-3-4-14(12-15)13-22-19(26)24-10-8-16(9-11-24)25-18-7-2-1-6-17(18)23-20(25)27/h1-7,12,16H,8-11,13H2,(H,22,26)(H,23,27). The zero-order valence-electron chi connectivity index (χ0n) is 14.8. The molecule has 0 atom stereocenters. The van der Waals surface area contributed by atoms with Gasteiger partial charge in [0.15, 0.2) is 0 Å². The summed E-state index contributed by atoms with van der Waals surface area (Å²) in [6.07, 6.45) is 1.43. The fraction of sp³-hybridized carbons (Fsp3) is 0.300. The van der Waals surface area contributed by atoms with Gasteiger partial charge in [-0.25, -0.2) is 14.0 Å². The van der Waals surface area contributed by atoms with Crippen LogP contribution in [0, 0.1) is 5.82 Å². The largest absolute Gasteiger partial charge is 0.334 e. The van der Waals surface area contributed by atoms with Gasteiger partial charge in [-0.1, -0.05) is 24.3 Å². The summed E-state index contributed by atoms with van der Waals surface area (Å²) in [5, 5.41) is 2.83. The van der Waals surface area contributed by atoms with Crippen LogP contribution in [-0.2, 0) is 6.54 Å². The van der Waals surface area contributed by atoms with E-state index < -0.39 is 0 Å². The van der Waals surface area contributed by atoms with Crippen LogP contribution in [0.4, 0.5) is 9.18 Å². The van der Waals surface area contributed by atoms with Gasteiger partial charge in [0.1, 0.15) is 5.82 Å².